The Kier molecular flexibility index (Phi) is 8.98. The normalized spacial score (nSPS) is 24.8. The zero-order valence-corrected chi connectivity index (χ0v) is 23.7. The molecule has 14 nitrogen and oxygen atoms in total. The van der Waals surface area contributed by atoms with Crippen molar-refractivity contribution in [2.45, 2.75) is 43.2 Å². The number of alkyl halides is 1. The topological polar surface area (TPSA) is 185 Å². The molecule has 6 atom stereocenters. The van der Waals surface area contributed by atoms with Gasteiger partial charge in [-0.15, -0.1) is 18.2 Å². The number of hydrogen-bond donors (Lipinski definition) is 4. The molecule has 16 heteroatoms. The first-order valence-corrected chi connectivity index (χ1v) is 14.2. The number of carbonyl (C=O) groups is 1. The molecule has 0 spiro atoms. The van der Waals surface area contributed by atoms with E-state index in [1.807, 2.05) is 0 Å². The minimum Gasteiger partial charge on any atom is -0.465 e. The summed E-state index contributed by atoms with van der Waals surface area (Å²) in [5.41, 5.74) is 6.56. The molecule has 216 valence electrons. The first-order chi connectivity index (χ1) is 19.0. The van der Waals surface area contributed by atoms with Crippen molar-refractivity contribution in [1.82, 2.24) is 24.6 Å². The third kappa shape index (κ3) is 5.92. The molecule has 0 radical (unpaired) electrons. The minimum atomic E-state index is -4.22. The van der Waals surface area contributed by atoms with Crippen LogP contribution in [0.1, 0.15) is 20.1 Å². The van der Waals surface area contributed by atoms with Gasteiger partial charge in [-0.05, 0) is 26.0 Å². The minimum absolute atomic E-state index is 0.0170. The van der Waals surface area contributed by atoms with Crippen LogP contribution in [0.5, 0.6) is 5.75 Å². The van der Waals surface area contributed by atoms with E-state index in [2.05, 4.69) is 31.9 Å². The van der Waals surface area contributed by atoms with Gasteiger partial charge in [-0.1, -0.05) is 24.3 Å². The Bertz CT molecular complexity index is 1410. The number of ether oxygens (including phenoxy) is 2. The van der Waals surface area contributed by atoms with Gasteiger partial charge in [0.25, 0.3) is 0 Å². The van der Waals surface area contributed by atoms with Gasteiger partial charge in [0.15, 0.2) is 23.2 Å². The van der Waals surface area contributed by atoms with Crippen molar-refractivity contribution in [2.24, 2.45) is 0 Å². The summed E-state index contributed by atoms with van der Waals surface area (Å²) in [4.78, 5) is 23.4. The number of nitrogens with zero attached hydrogens (tertiary/aromatic N) is 4. The zero-order chi connectivity index (χ0) is 29.1. The van der Waals surface area contributed by atoms with Crippen molar-refractivity contribution in [1.29, 1.82) is 0 Å². The van der Waals surface area contributed by atoms with Crippen LogP contribution in [0.25, 0.3) is 11.2 Å². The molecular weight excluding hydrogens is 565 g/mol. The Morgan fingerprint density at radius 3 is 2.77 bits per heavy atom. The van der Waals surface area contributed by atoms with Gasteiger partial charge in [0.05, 0.1) is 19.5 Å². The maximum absolute atomic E-state index is 13.8. The maximum Gasteiger partial charge on any atom is 0.459 e. The Hall–Kier alpha value is -3.26. The second-order valence-electron chi connectivity index (χ2n) is 8.81. The molecule has 0 aliphatic carbocycles. The molecule has 3 aromatic rings. The highest BCUT2D eigenvalue weighted by atomic mass is 35.5. The predicted molar refractivity (Wildman–Crippen MR) is 148 cm³/mol. The third-order valence-corrected chi connectivity index (χ3v) is 8.31. The van der Waals surface area contributed by atoms with E-state index in [4.69, 9.17) is 35.9 Å². The number of hydrogen-bond acceptors (Lipinski definition) is 12. The van der Waals surface area contributed by atoms with Crippen molar-refractivity contribution in [2.75, 3.05) is 31.3 Å². The number of aliphatic hydroxyl groups is 1. The second-order valence-corrected chi connectivity index (χ2v) is 11.2. The van der Waals surface area contributed by atoms with E-state index in [-0.39, 0.29) is 18.3 Å². The van der Waals surface area contributed by atoms with E-state index >= 15 is 0 Å². The molecule has 4 rings (SSSR count). The number of carbonyl (C=O) groups excluding carboxylic acids is 1. The number of nitrogens with one attached hydrogen (secondary N) is 2. The van der Waals surface area contributed by atoms with Gasteiger partial charge >= 0.3 is 13.7 Å². The van der Waals surface area contributed by atoms with E-state index in [1.165, 1.54) is 23.9 Å². The van der Waals surface area contributed by atoms with Crippen LogP contribution in [0.3, 0.4) is 0 Å². The van der Waals surface area contributed by atoms with E-state index < -0.39 is 49.7 Å². The summed E-state index contributed by atoms with van der Waals surface area (Å²) in [7, 11) is -2.56. The van der Waals surface area contributed by atoms with Crippen molar-refractivity contribution in [3.05, 3.63) is 49.3 Å². The largest absolute Gasteiger partial charge is 0.465 e. The number of aliphatic hydroxyl groups excluding tert-OH is 1. The standard InChI is InChI=1S/C24H31ClN7O7P/c1-5-24(25)18(33)16(38-22(24)32-13-28-17-19(27-4)29-23(26)30-20(17)32)12-37-40(35,31-14(3)21(34)36-6-2)39-15-10-8-7-9-11-15/h5,7-11,13-14,16,18,22,33H,1,6,12H2,2-4H3,(H,31,35)(H3,26,27,29,30)/t14-,16+,18+,22+,24+,40+/m0/s1. The second kappa shape index (κ2) is 12.1. The average Bonchev–Trinajstić information content (AvgIpc) is 3.46. The molecule has 1 aliphatic heterocycles. The smallest absolute Gasteiger partial charge is 0.459 e. The predicted octanol–water partition coefficient (Wildman–Crippen LogP) is 2.62. The van der Waals surface area contributed by atoms with Crippen LogP contribution in [0.2, 0.25) is 0 Å². The van der Waals surface area contributed by atoms with Gasteiger partial charge in [0.1, 0.15) is 28.9 Å². The molecule has 2 aromatic heterocycles. The number of aromatic nitrogens is 4. The van der Waals surface area contributed by atoms with Gasteiger partial charge in [-0.25, -0.2) is 9.55 Å². The Morgan fingerprint density at radius 1 is 1.40 bits per heavy atom. The number of halogens is 1. The number of para-hydroxylation sites is 1. The number of esters is 1. The molecule has 1 fully saturated rings. The number of fused-ring (bicyclic) bond motifs is 1. The lowest BCUT2D eigenvalue weighted by Crippen LogP contribution is -2.41. The summed E-state index contributed by atoms with van der Waals surface area (Å²) in [6.07, 6.45) is -0.814. The van der Waals surface area contributed by atoms with Gasteiger partial charge in [-0.2, -0.15) is 15.1 Å². The van der Waals surface area contributed by atoms with Crippen molar-refractivity contribution in [3.8, 4) is 5.75 Å². The molecule has 1 saturated heterocycles. The van der Waals surface area contributed by atoms with Crippen LogP contribution >= 0.6 is 19.3 Å². The summed E-state index contributed by atoms with van der Waals surface area (Å²) < 4.78 is 37.7. The van der Waals surface area contributed by atoms with Crippen LogP contribution < -0.4 is 20.7 Å². The van der Waals surface area contributed by atoms with Crippen molar-refractivity contribution >= 4 is 48.2 Å². The van der Waals surface area contributed by atoms with Gasteiger partial charge in [0.2, 0.25) is 5.95 Å². The molecule has 3 heterocycles. The third-order valence-electron chi connectivity index (χ3n) is 6.10. The lowest BCUT2D eigenvalue weighted by Gasteiger charge is -2.27. The molecule has 0 saturated carbocycles. The summed E-state index contributed by atoms with van der Waals surface area (Å²) in [5.74, 6) is -0.0582. The molecule has 1 aromatic carbocycles. The van der Waals surface area contributed by atoms with Gasteiger partial charge < -0.3 is 30.2 Å². The highest BCUT2D eigenvalue weighted by Gasteiger charge is 2.55. The first-order valence-electron chi connectivity index (χ1n) is 12.3. The van der Waals surface area contributed by atoms with Crippen LogP contribution in [-0.4, -0.2) is 74.0 Å². The number of anilines is 2. The van der Waals surface area contributed by atoms with Crippen LogP contribution in [0.15, 0.2) is 49.3 Å². The summed E-state index contributed by atoms with van der Waals surface area (Å²) in [6.45, 7) is 6.57. The quantitative estimate of drug-likeness (QED) is 0.104. The summed E-state index contributed by atoms with van der Waals surface area (Å²) >= 11 is 6.85. The fraction of sp³-hybridized carbons (Fsp3) is 0.417. The summed E-state index contributed by atoms with van der Waals surface area (Å²) in [6, 6.07) is 7.22. The lowest BCUT2D eigenvalue weighted by atomic mass is 9.99. The van der Waals surface area contributed by atoms with Crippen molar-refractivity contribution < 1.29 is 33.0 Å². The molecule has 0 unspecified atom stereocenters. The molecule has 40 heavy (non-hydrogen) atoms. The van der Waals surface area contributed by atoms with Gasteiger partial charge in [0, 0.05) is 7.05 Å². The fourth-order valence-electron chi connectivity index (χ4n) is 4.12. The molecule has 5 N–H and O–H groups in total. The number of nitrogens with two attached hydrogens (primary N) is 1. The van der Waals surface area contributed by atoms with Crippen LogP contribution in [-0.2, 0) is 23.4 Å². The Morgan fingerprint density at radius 2 is 2.12 bits per heavy atom. The molecular formula is C24H31ClN7O7P. The lowest BCUT2D eigenvalue weighted by molar-refractivity contribution is -0.144. The van der Waals surface area contributed by atoms with E-state index in [1.54, 1.807) is 44.3 Å². The Balaban J connectivity index is 1.60. The van der Waals surface area contributed by atoms with E-state index in [0.29, 0.717) is 17.0 Å². The zero-order valence-electron chi connectivity index (χ0n) is 22.1. The van der Waals surface area contributed by atoms with E-state index in [0.717, 1.165) is 0 Å². The fourth-order valence-corrected chi connectivity index (χ4v) is 5.92. The number of imidazole rings is 1. The van der Waals surface area contributed by atoms with Crippen LogP contribution in [0.4, 0.5) is 11.8 Å². The molecule has 0 bridgehead atoms. The first kappa shape index (κ1) is 29.7. The number of rotatable bonds is 12. The number of benzene rings is 1. The van der Waals surface area contributed by atoms with Crippen molar-refractivity contribution in [3.63, 3.8) is 0 Å². The monoisotopic (exact) mass is 595 g/mol. The highest BCUT2D eigenvalue weighted by Crippen LogP contribution is 2.49. The molecule has 0 amide bonds. The number of nitrogen functional groups attached to an aromatic ring is 1. The molecule has 1 aliphatic rings. The maximum atomic E-state index is 13.8. The van der Waals surface area contributed by atoms with Crippen LogP contribution in [0, 0.1) is 0 Å². The Labute approximate surface area is 235 Å². The SMILES string of the molecule is C=C[C@@]1(Cl)[C@H](O)[C@@H](CO[P@](=O)(N[C@@H](C)C(=O)OCC)Oc2ccccc2)O[C@H]1n1cnc2c(NC)nc(N)nc21. The summed E-state index contributed by atoms with van der Waals surface area (Å²) in [5, 5.41) is 16.7. The van der Waals surface area contributed by atoms with E-state index in [9.17, 15) is 14.5 Å². The highest BCUT2D eigenvalue weighted by molar-refractivity contribution is 7.52. The average molecular weight is 596 g/mol. The van der Waals surface area contributed by atoms with Gasteiger partial charge in [-0.3, -0.25) is 13.9 Å².